The summed E-state index contributed by atoms with van der Waals surface area (Å²) in [7, 11) is 0. The molecule has 2 heterocycles. The van der Waals surface area contributed by atoms with Gasteiger partial charge in [0, 0.05) is 22.6 Å². The summed E-state index contributed by atoms with van der Waals surface area (Å²) in [6.45, 7) is 4.13. The first-order valence-electron chi connectivity index (χ1n) is 7.94. The monoisotopic (exact) mass is 373 g/mol. The van der Waals surface area contributed by atoms with Gasteiger partial charge in [-0.25, -0.2) is 0 Å². The zero-order valence-electron chi connectivity index (χ0n) is 14.1. The second-order valence-electron chi connectivity index (χ2n) is 7.02. The standard InChI is InChI=1S/C18H19N3O2S2/c1-18(2)6-11-16(12(22)7-18)15(13-4-3-5-24-13)10(8-19)17(21-11)25-9-14(20)23/h3-5,15,21H,6-7,9H2,1-2H3,(H2,20,23)/t15-/m0/s1. The fourth-order valence-corrected chi connectivity index (χ4v) is 5.02. The zero-order chi connectivity index (χ0) is 18.2. The van der Waals surface area contributed by atoms with Crippen molar-refractivity contribution < 1.29 is 9.59 Å². The van der Waals surface area contributed by atoms with Crippen LogP contribution in [0, 0.1) is 16.7 Å². The Bertz CT molecular complexity index is 829. The molecule has 1 amide bonds. The van der Waals surface area contributed by atoms with Gasteiger partial charge < -0.3 is 11.1 Å². The highest BCUT2D eigenvalue weighted by Crippen LogP contribution is 2.48. The number of nitrogens with two attached hydrogens (primary N) is 1. The van der Waals surface area contributed by atoms with Gasteiger partial charge in [-0.1, -0.05) is 31.7 Å². The average molecular weight is 374 g/mol. The molecule has 1 aromatic heterocycles. The van der Waals surface area contributed by atoms with Crippen LogP contribution < -0.4 is 11.1 Å². The average Bonchev–Trinajstić information content (AvgIpc) is 3.04. The number of hydrogen-bond donors (Lipinski definition) is 2. The lowest BCUT2D eigenvalue weighted by Gasteiger charge is -2.38. The summed E-state index contributed by atoms with van der Waals surface area (Å²) in [6, 6.07) is 6.13. The van der Waals surface area contributed by atoms with Gasteiger partial charge in [0.05, 0.1) is 28.3 Å². The van der Waals surface area contributed by atoms with Crippen LogP contribution in [0.25, 0.3) is 0 Å². The molecule has 3 N–H and O–H groups in total. The van der Waals surface area contributed by atoms with Crippen LogP contribution in [0.5, 0.6) is 0 Å². The summed E-state index contributed by atoms with van der Waals surface area (Å²) < 4.78 is 0. The van der Waals surface area contributed by atoms with Crippen molar-refractivity contribution in [3.05, 3.63) is 44.3 Å². The van der Waals surface area contributed by atoms with Crippen molar-refractivity contribution >= 4 is 34.8 Å². The number of primary amides is 1. The van der Waals surface area contributed by atoms with Crippen LogP contribution in [-0.2, 0) is 9.59 Å². The van der Waals surface area contributed by atoms with Crippen LogP contribution in [0.2, 0.25) is 0 Å². The Labute approximate surface area is 155 Å². The first kappa shape index (κ1) is 17.8. The van der Waals surface area contributed by atoms with Crippen LogP contribution in [-0.4, -0.2) is 17.4 Å². The van der Waals surface area contributed by atoms with Crippen LogP contribution >= 0.6 is 23.1 Å². The van der Waals surface area contributed by atoms with Crippen molar-refractivity contribution in [1.82, 2.24) is 5.32 Å². The normalized spacial score (nSPS) is 22.3. The molecule has 1 atom stereocenters. The molecule has 7 heteroatoms. The predicted octanol–water partition coefficient (Wildman–Crippen LogP) is 3.03. The summed E-state index contributed by atoms with van der Waals surface area (Å²) in [5.74, 6) is -0.627. The van der Waals surface area contributed by atoms with Crippen molar-refractivity contribution in [3.63, 3.8) is 0 Å². The Balaban J connectivity index is 2.11. The number of nitriles is 1. The number of carbonyl (C=O) groups is 2. The molecule has 130 valence electrons. The van der Waals surface area contributed by atoms with Gasteiger partial charge in [0.1, 0.15) is 0 Å². The Hall–Kier alpha value is -2.04. The number of dihydropyridines is 1. The first-order chi connectivity index (χ1) is 11.8. The number of Topliss-reactive ketones (excluding diaryl/α,β-unsaturated/α-hetero) is 1. The molecule has 5 nitrogen and oxygen atoms in total. The maximum Gasteiger partial charge on any atom is 0.227 e. The van der Waals surface area contributed by atoms with Crippen molar-refractivity contribution in [2.24, 2.45) is 11.1 Å². The molecular formula is C18H19N3O2S2. The molecule has 1 aliphatic heterocycles. The topological polar surface area (TPSA) is 96.0 Å². The molecule has 25 heavy (non-hydrogen) atoms. The second-order valence-corrected chi connectivity index (χ2v) is 8.98. The fraction of sp³-hybridized carbons (Fsp3) is 0.389. The lowest BCUT2D eigenvalue weighted by Crippen LogP contribution is -2.37. The number of nitrogens with zero attached hydrogens (tertiary/aromatic N) is 1. The van der Waals surface area contributed by atoms with Gasteiger partial charge in [0.15, 0.2) is 5.78 Å². The van der Waals surface area contributed by atoms with Crippen molar-refractivity contribution in [3.8, 4) is 6.07 Å². The number of amides is 1. The highest BCUT2D eigenvalue weighted by molar-refractivity contribution is 8.03. The van der Waals surface area contributed by atoms with E-state index in [1.807, 2.05) is 17.5 Å². The lowest BCUT2D eigenvalue weighted by atomic mass is 9.70. The van der Waals surface area contributed by atoms with Crippen molar-refractivity contribution in [1.29, 1.82) is 5.26 Å². The largest absolute Gasteiger partial charge is 0.369 e. The Kier molecular flexibility index (Phi) is 4.76. The number of ketones is 1. The van der Waals surface area contributed by atoms with E-state index in [2.05, 4.69) is 25.2 Å². The third kappa shape index (κ3) is 3.51. The number of thiophene rings is 1. The van der Waals surface area contributed by atoms with E-state index in [9.17, 15) is 14.9 Å². The number of nitrogens with one attached hydrogen (secondary N) is 1. The summed E-state index contributed by atoms with van der Waals surface area (Å²) >= 11 is 2.76. The molecule has 1 aromatic rings. The minimum absolute atomic E-state index is 0.0869. The van der Waals surface area contributed by atoms with Crippen LogP contribution in [0.1, 0.15) is 37.5 Å². The number of thioether (sulfide) groups is 1. The predicted molar refractivity (Wildman–Crippen MR) is 99.5 cm³/mol. The maximum atomic E-state index is 12.9. The maximum absolute atomic E-state index is 12.9. The van der Waals surface area contributed by atoms with E-state index >= 15 is 0 Å². The molecule has 0 saturated carbocycles. The van der Waals surface area contributed by atoms with Gasteiger partial charge in [0.2, 0.25) is 5.91 Å². The fourth-order valence-electron chi connectivity index (χ4n) is 3.37. The highest BCUT2D eigenvalue weighted by Gasteiger charge is 2.42. The second kappa shape index (κ2) is 6.70. The SMILES string of the molecule is CC1(C)CC(=O)C2=C(C1)NC(SCC(N)=O)=C(C#N)[C@H]2c1cccs1. The summed E-state index contributed by atoms with van der Waals surface area (Å²) in [4.78, 5) is 25.0. The minimum Gasteiger partial charge on any atom is -0.369 e. The van der Waals surface area contributed by atoms with Crippen LogP contribution in [0.4, 0.5) is 0 Å². The van der Waals surface area contributed by atoms with E-state index in [0.717, 1.165) is 17.0 Å². The van der Waals surface area contributed by atoms with Gasteiger partial charge in [-0.3, -0.25) is 9.59 Å². The van der Waals surface area contributed by atoms with E-state index in [1.165, 1.54) is 23.1 Å². The van der Waals surface area contributed by atoms with Crippen LogP contribution in [0.3, 0.4) is 0 Å². The molecular weight excluding hydrogens is 354 g/mol. The quantitative estimate of drug-likeness (QED) is 0.846. The van der Waals surface area contributed by atoms with Gasteiger partial charge in [-0.05, 0) is 23.3 Å². The molecule has 3 rings (SSSR count). The number of rotatable bonds is 4. The van der Waals surface area contributed by atoms with Gasteiger partial charge >= 0.3 is 0 Å². The molecule has 0 spiro atoms. The molecule has 2 aliphatic rings. The van der Waals surface area contributed by atoms with E-state index in [1.54, 1.807) is 0 Å². The number of allylic oxidation sites excluding steroid dienone is 3. The van der Waals surface area contributed by atoms with Gasteiger partial charge in [0.25, 0.3) is 0 Å². The molecule has 0 aromatic carbocycles. The number of carbonyl (C=O) groups excluding carboxylic acids is 2. The minimum atomic E-state index is -0.441. The molecule has 0 radical (unpaired) electrons. The van der Waals surface area contributed by atoms with Gasteiger partial charge in [-0.2, -0.15) is 5.26 Å². The highest BCUT2D eigenvalue weighted by atomic mass is 32.2. The molecule has 0 bridgehead atoms. The zero-order valence-corrected chi connectivity index (χ0v) is 15.7. The summed E-state index contributed by atoms with van der Waals surface area (Å²) in [6.07, 6.45) is 1.20. The lowest BCUT2D eigenvalue weighted by molar-refractivity contribution is -0.118. The molecule has 0 unspecified atom stereocenters. The van der Waals surface area contributed by atoms with E-state index in [0.29, 0.717) is 22.6 Å². The van der Waals surface area contributed by atoms with Gasteiger partial charge in [-0.15, -0.1) is 11.3 Å². The third-order valence-electron chi connectivity index (χ3n) is 4.31. The van der Waals surface area contributed by atoms with Crippen LogP contribution in [0.15, 0.2) is 39.4 Å². The Morgan fingerprint density at radius 1 is 1.52 bits per heavy atom. The molecule has 0 fully saturated rings. The van der Waals surface area contributed by atoms with Crippen molar-refractivity contribution in [2.45, 2.75) is 32.6 Å². The smallest absolute Gasteiger partial charge is 0.227 e. The molecule has 1 aliphatic carbocycles. The Morgan fingerprint density at radius 2 is 2.28 bits per heavy atom. The summed E-state index contributed by atoms with van der Waals surface area (Å²) in [5.41, 5.74) is 7.18. The Morgan fingerprint density at radius 3 is 2.88 bits per heavy atom. The third-order valence-corrected chi connectivity index (χ3v) is 6.29. The molecule has 0 saturated heterocycles. The first-order valence-corrected chi connectivity index (χ1v) is 9.81. The van der Waals surface area contributed by atoms with Crippen molar-refractivity contribution in [2.75, 3.05) is 5.75 Å². The van der Waals surface area contributed by atoms with E-state index in [4.69, 9.17) is 5.73 Å². The van der Waals surface area contributed by atoms with E-state index in [-0.39, 0.29) is 22.9 Å². The number of hydrogen-bond acceptors (Lipinski definition) is 6. The van der Waals surface area contributed by atoms with E-state index < -0.39 is 5.91 Å². The summed E-state index contributed by atoms with van der Waals surface area (Å²) in [5, 5.41) is 15.6.